The Morgan fingerprint density at radius 2 is 1.91 bits per heavy atom. The predicted molar refractivity (Wildman–Crippen MR) is 123 cm³/mol. The van der Waals surface area contributed by atoms with Crippen LogP contribution in [-0.2, 0) is 16.6 Å². The van der Waals surface area contributed by atoms with Gasteiger partial charge in [0, 0.05) is 23.1 Å². The molecule has 9 nitrogen and oxygen atoms in total. The number of rotatable bonds is 5. The van der Waals surface area contributed by atoms with Crippen molar-refractivity contribution in [3.63, 3.8) is 0 Å². The highest BCUT2D eigenvalue weighted by Gasteiger charge is 2.21. The Labute approximate surface area is 186 Å². The zero-order valence-electron chi connectivity index (χ0n) is 18.9. The highest BCUT2D eigenvalue weighted by Crippen LogP contribution is 2.31. The number of fused-ring (bicyclic) bond motifs is 1. The lowest BCUT2D eigenvalue weighted by molar-refractivity contribution is -0.115. The number of nitrogen functional groups attached to an aromatic ring is 1. The van der Waals surface area contributed by atoms with E-state index in [4.69, 9.17) is 15.4 Å². The zero-order valence-corrected chi connectivity index (χ0v) is 18.9. The first kappa shape index (κ1) is 21.5. The van der Waals surface area contributed by atoms with Crippen LogP contribution in [0.4, 0.5) is 11.6 Å². The summed E-state index contributed by atoms with van der Waals surface area (Å²) >= 11 is 0. The van der Waals surface area contributed by atoms with Crippen molar-refractivity contribution in [2.45, 2.75) is 52.5 Å². The van der Waals surface area contributed by atoms with E-state index >= 15 is 0 Å². The quantitative estimate of drug-likeness (QED) is 0.485. The Kier molecular flexibility index (Phi) is 5.41. The van der Waals surface area contributed by atoms with Gasteiger partial charge in [0.2, 0.25) is 5.91 Å². The Morgan fingerprint density at radius 3 is 2.53 bits per heavy atom. The smallest absolute Gasteiger partial charge is 0.230 e. The van der Waals surface area contributed by atoms with Gasteiger partial charge in [-0.3, -0.25) is 4.79 Å². The van der Waals surface area contributed by atoms with E-state index in [2.05, 4.69) is 20.4 Å². The molecule has 0 unspecified atom stereocenters. The van der Waals surface area contributed by atoms with E-state index in [1.807, 2.05) is 63.6 Å². The lowest BCUT2D eigenvalue weighted by atomic mass is 9.93. The number of nitrogens with two attached hydrogens (primary N) is 1. The van der Waals surface area contributed by atoms with Crippen molar-refractivity contribution in [3.8, 4) is 11.3 Å². The van der Waals surface area contributed by atoms with Crippen LogP contribution in [0, 0.1) is 0 Å². The second-order valence-electron chi connectivity index (χ2n) is 9.09. The van der Waals surface area contributed by atoms with Gasteiger partial charge in [-0.25, -0.2) is 14.6 Å². The van der Waals surface area contributed by atoms with Gasteiger partial charge >= 0.3 is 0 Å². The van der Waals surface area contributed by atoms with Crippen LogP contribution in [-0.4, -0.2) is 30.8 Å². The highest BCUT2D eigenvalue weighted by atomic mass is 16.5. The normalized spacial score (nSPS) is 11.9. The number of nitrogens with zero attached hydrogens (tertiary/aromatic N) is 5. The largest absolute Gasteiger partial charge is 0.383 e. The molecule has 3 heterocycles. The molecule has 4 aromatic rings. The lowest BCUT2D eigenvalue weighted by Gasteiger charge is -2.12. The molecular weight excluding hydrogens is 406 g/mol. The first-order valence-corrected chi connectivity index (χ1v) is 10.5. The molecule has 166 valence electrons. The Hall–Kier alpha value is -3.75. The molecule has 0 saturated heterocycles. The molecule has 0 aliphatic carbocycles. The molecule has 0 radical (unpaired) electrons. The van der Waals surface area contributed by atoms with E-state index in [0.29, 0.717) is 23.0 Å². The van der Waals surface area contributed by atoms with Gasteiger partial charge in [-0.1, -0.05) is 50.2 Å². The highest BCUT2D eigenvalue weighted by molar-refractivity contribution is 5.98. The average Bonchev–Trinajstić information content (AvgIpc) is 3.34. The van der Waals surface area contributed by atoms with Crippen molar-refractivity contribution in [1.82, 2.24) is 24.9 Å². The average molecular weight is 434 g/mol. The standard InChI is InChI=1S/C23H27N7O2/c1-13(2)30-22-19(21(24)25-12-26-22)20(28-30)15-8-6-14(7-9-15)10-18(31)27-17-11-16(32-29-17)23(3,4)5/h6-9,11-13H,10H2,1-5H3,(H2,24,25,26)(H,27,29,31). The minimum atomic E-state index is -0.174. The van der Waals surface area contributed by atoms with Crippen LogP contribution < -0.4 is 11.1 Å². The van der Waals surface area contributed by atoms with Crippen LogP contribution in [0.5, 0.6) is 0 Å². The SMILES string of the molecule is CC(C)n1nc(-c2ccc(CC(=O)Nc3cc(C(C)(C)C)on3)cc2)c2c(N)ncnc21. The van der Waals surface area contributed by atoms with Crippen molar-refractivity contribution < 1.29 is 9.32 Å². The lowest BCUT2D eigenvalue weighted by Crippen LogP contribution is -2.14. The molecule has 1 amide bonds. The number of carbonyl (C=O) groups excluding carboxylic acids is 1. The summed E-state index contributed by atoms with van der Waals surface area (Å²) in [5.74, 6) is 1.35. The minimum Gasteiger partial charge on any atom is -0.383 e. The van der Waals surface area contributed by atoms with E-state index in [0.717, 1.165) is 22.2 Å². The van der Waals surface area contributed by atoms with E-state index in [1.165, 1.54) is 6.33 Å². The summed E-state index contributed by atoms with van der Waals surface area (Å²) in [6, 6.07) is 9.53. The number of amides is 1. The summed E-state index contributed by atoms with van der Waals surface area (Å²) in [7, 11) is 0. The fourth-order valence-corrected chi connectivity index (χ4v) is 3.40. The van der Waals surface area contributed by atoms with Crippen molar-refractivity contribution in [2.24, 2.45) is 0 Å². The molecule has 0 spiro atoms. The van der Waals surface area contributed by atoms with Crippen molar-refractivity contribution in [2.75, 3.05) is 11.1 Å². The molecule has 4 rings (SSSR count). The Balaban J connectivity index is 1.53. The molecule has 9 heteroatoms. The Bertz CT molecular complexity index is 1260. The van der Waals surface area contributed by atoms with Gasteiger partial charge < -0.3 is 15.6 Å². The number of hydrogen-bond acceptors (Lipinski definition) is 7. The molecule has 3 N–H and O–H groups in total. The van der Waals surface area contributed by atoms with E-state index in [1.54, 1.807) is 6.07 Å². The molecule has 0 aliphatic rings. The first-order valence-electron chi connectivity index (χ1n) is 10.5. The van der Waals surface area contributed by atoms with Crippen LogP contribution in [0.3, 0.4) is 0 Å². The maximum Gasteiger partial charge on any atom is 0.230 e. The second kappa shape index (κ2) is 8.07. The van der Waals surface area contributed by atoms with E-state index in [-0.39, 0.29) is 23.8 Å². The predicted octanol–water partition coefficient (Wildman–Crippen LogP) is 4.12. The van der Waals surface area contributed by atoms with Crippen LogP contribution in [0.25, 0.3) is 22.3 Å². The van der Waals surface area contributed by atoms with Gasteiger partial charge in [0.05, 0.1) is 11.8 Å². The van der Waals surface area contributed by atoms with Crippen LogP contribution in [0.15, 0.2) is 41.2 Å². The molecule has 0 saturated carbocycles. The number of benzene rings is 1. The van der Waals surface area contributed by atoms with Gasteiger partial charge in [0.25, 0.3) is 0 Å². The first-order chi connectivity index (χ1) is 15.1. The number of aromatic nitrogens is 5. The maximum atomic E-state index is 12.5. The topological polar surface area (TPSA) is 125 Å². The van der Waals surface area contributed by atoms with Gasteiger partial charge in [-0.05, 0) is 19.4 Å². The number of hydrogen-bond donors (Lipinski definition) is 2. The fourth-order valence-electron chi connectivity index (χ4n) is 3.40. The van der Waals surface area contributed by atoms with Crippen LogP contribution in [0.1, 0.15) is 52.0 Å². The molecule has 3 aromatic heterocycles. The number of anilines is 2. The molecule has 0 fully saturated rings. The van der Waals surface area contributed by atoms with E-state index in [9.17, 15) is 4.79 Å². The third kappa shape index (κ3) is 4.18. The van der Waals surface area contributed by atoms with Gasteiger partial charge in [0.1, 0.15) is 23.6 Å². The summed E-state index contributed by atoms with van der Waals surface area (Å²) in [4.78, 5) is 20.9. The van der Waals surface area contributed by atoms with Crippen LogP contribution >= 0.6 is 0 Å². The zero-order chi connectivity index (χ0) is 23.0. The molecule has 1 aromatic carbocycles. The molecule has 32 heavy (non-hydrogen) atoms. The molecular formula is C23H27N7O2. The molecule has 0 aliphatic heterocycles. The van der Waals surface area contributed by atoms with Gasteiger partial charge in [-0.2, -0.15) is 5.10 Å². The minimum absolute atomic E-state index is 0.124. The summed E-state index contributed by atoms with van der Waals surface area (Å²) < 4.78 is 7.16. The fraction of sp³-hybridized carbons (Fsp3) is 0.348. The monoisotopic (exact) mass is 433 g/mol. The van der Waals surface area contributed by atoms with Crippen molar-refractivity contribution in [1.29, 1.82) is 0 Å². The maximum absolute atomic E-state index is 12.5. The van der Waals surface area contributed by atoms with Crippen molar-refractivity contribution in [3.05, 3.63) is 48.0 Å². The summed E-state index contributed by atoms with van der Waals surface area (Å²) in [5, 5.41) is 12.2. The summed E-state index contributed by atoms with van der Waals surface area (Å²) in [6.07, 6.45) is 1.66. The molecule has 0 bridgehead atoms. The summed E-state index contributed by atoms with van der Waals surface area (Å²) in [6.45, 7) is 10.1. The van der Waals surface area contributed by atoms with E-state index < -0.39 is 0 Å². The Morgan fingerprint density at radius 1 is 1.19 bits per heavy atom. The van der Waals surface area contributed by atoms with Gasteiger partial charge in [0.15, 0.2) is 11.5 Å². The van der Waals surface area contributed by atoms with Gasteiger partial charge in [-0.15, -0.1) is 0 Å². The third-order valence-corrected chi connectivity index (χ3v) is 5.12. The number of nitrogens with one attached hydrogen (secondary N) is 1. The molecule has 0 atom stereocenters. The third-order valence-electron chi connectivity index (χ3n) is 5.12. The van der Waals surface area contributed by atoms with Crippen molar-refractivity contribution >= 4 is 28.6 Å². The summed E-state index contributed by atoms with van der Waals surface area (Å²) in [5.41, 5.74) is 9.13. The second-order valence-corrected chi connectivity index (χ2v) is 9.09. The van der Waals surface area contributed by atoms with Crippen LogP contribution in [0.2, 0.25) is 0 Å². The number of carbonyl (C=O) groups is 1.